The van der Waals surface area contributed by atoms with Crippen molar-refractivity contribution in [2.75, 3.05) is 0 Å². The second kappa shape index (κ2) is 6.61. The van der Waals surface area contributed by atoms with Crippen molar-refractivity contribution in [3.63, 3.8) is 0 Å². The van der Waals surface area contributed by atoms with Gasteiger partial charge in [0.1, 0.15) is 11.4 Å². The molecule has 1 fully saturated rings. The van der Waals surface area contributed by atoms with Gasteiger partial charge in [-0.25, -0.2) is 18.0 Å². The molecule has 1 amide bonds. The Morgan fingerprint density at radius 2 is 1.69 bits per heavy atom. The van der Waals surface area contributed by atoms with Crippen LogP contribution in [0.15, 0.2) is 36.4 Å². The summed E-state index contributed by atoms with van der Waals surface area (Å²) in [5.74, 6) is -6.04. The third kappa shape index (κ3) is 3.28. The van der Waals surface area contributed by atoms with Gasteiger partial charge < -0.3 is 10.4 Å². The highest BCUT2D eigenvalue weighted by molar-refractivity contribution is 6.01. The Morgan fingerprint density at radius 1 is 1.07 bits per heavy atom. The second-order valence-electron chi connectivity index (χ2n) is 7.89. The summed E-state index contributed by atoms with van der Waals surface area (Å²) >= 11 is 0. The van der Waals surface area contributed by atoms with Crippen LogP contribution in [0.4, 0.5) is 13.2 Å². The quantitative estimate of drug-likeness (QED) is 0.796. The maximum atomic E-state index is 14.4. The fraction of sp³-hybridized carbons (Fsp3) is 0.364. The van der Waals surface area contributed by atoms with Crippen LogP contribution in [0.3, 0.4) is 0 Å². The lowest BCUT2D eigenvalue weighted by Crippen LogP contribution is -2.58. The molecule has 29 heavy (non-hydrogen) atoms. The van der Waals surface area contributed by atoms with E-state index in [4.69, 9.17) is 0 Å². The van der Waals surface area contributed by atoms with Crippen LogP contribution in [0, 0.1) is 12.7 Å². The van der Waals surface area contributed by atoms with Gasteiger partial charge in [0.2, 0.25) is 11.8 Å². The maximum absolute atomic E-state index is 14.4. The molecule has 0 aromatic heterocycles. The Morgan fingerprint density at radius 3 is 2.28 bits per heavy atom. The van der Waals surface area contributed by atoms with Gasteiger partial charge in [0.25, 0.3) is 0 Å². The molecule has 2 aliphatic rings. The van der Waals surface area contributed by atoms with Gasteiger partial charge in [-0.2, -0.15) is 0 Å². The van der Waals surface area contributed by atoms with Crippen molar-refractivity contribution in [1.29, 1.82) is 0 Å². The molecule has 2 aromatic rings. The number of hydrogen-bond donors (Lipinski definition) is 2. The van der Waals surface area contributed by atoms with E-state index in [0.29, 0.717) is 22.3 Å². The van der Waals surface area contributed by atoms with Gasteiger partial charge in [-0.15, -0.1) is 0 Å². The van der Waals surface area contributed by atoms with Crippen LogP contribution in [0.2, 0.25) is 0 Å². The molecular weight excluding hydrogens is 383 g/mol. The third-order valence-corrected chi connectivity index (χ3v) is 6.06. The SMILES string of the molecule is Cc1c(F)cc(-c2ccccc2)c2c1C2C(=O)NC1(C(=O)O)CCC(F)(F)CC1. The summed E-state index contributed by atoms with van der Waals surface area (Å²) in [5, 5.41) is 12.1. The summed E-state index contributed by atoms with van der Waals surface area (Å²) < 4.78 is 41.5. The van der Waals surface area contributed by atoms with Crippen LogP contribution < -0.4 is 5.32 Å². The molecule has 0 heterocycles. The number of hydrogen-bond acceptors (Lipinski definition) is 2. The number of carboxylic acids is 1. The molecule has 0 bridgehead atoms. The average Bonchev–Trinajstić information content (AvgIpc) is 3.43. The molecule has 0 saturated heterocycles. The fourth-order valence-corrected chi connectivity index (χ4v) is 4.24. The molecule has 2 aromatic carbocycles. The lowest BCUT2D eigenvalue weighted by Gasteiger charge is -2.37. The molecule has 2 aliphatic carbocycles. The van der Waals surface area contributed by atoms with E-state index in [1.165, 1.54) is 6.07 Å². The number of fused-ring (bicyclic) bond motifs is 1. The van der Waals surface area contributed by atoms with E-state index >= 15 is 0 Å². The zero-order valence-corrected chi connectivity index (χ0v) is 15.8. The van der Waals surface area contributed by atoms with Gasteiger partial charge in [-0.1, -0.05) is 30.3 Å². The maximum Gasteiger partial charge on any atom is 0.329 e. The molecule has 1 unspecified atom stereocenters. The first kappa shape index (κ1) is 19.5. The highest BCUT2D eigenvalue weighted by atomic mass is 19.3. The first-order valence-corrected chi connectivity index (χ1v) is 9.47. The van der Waals surface area contributed by atoms with Crippen molar-refractivity contribution in [2.45, 2.75) is 50.0 Å². The van der Waals surface area contributed by atoms with Crippen molar-refractivity contribution in [3.05, 3.63) is 58.9 Å². The monoisotopic (exact) mass is 403 g/mol. The lowest BCUT2D eigenvalue weighted by molar-refractivity contribution is -0.153. The van der Waals surface area contributed by atoms with E-state index in [0.717, 1.165) is 5.56 Å². The van der Waals surface area contributed by atoms with Gasteiger partial charge in [0, 0.05) is 12.8 Å². The van der Waals surface area contributed by atoms with Crippen LogP contribution in [0.25, 0.3) is 11.1 Å². The standard InChI is InChI=1S/C22H20F3NO3/c1-12-15(23)11-14(13-5-3-2-4-6-13)17-16(12)18(17)19(27)26-21(20(28)29)7-9-22(24,25)10-8-21/h2-6,11,18H,7-10H2,1H3,(H,26,27)(H,28,29). The first-order chi connectivity index (χ1) is 13.7. The topological polar surface area (TPSA) is 66.4 Å². The molecule has 7 heteroatoms. The molecule has 1 saturated carbocycles. The van der Waals surface area contributed by atoms with Crippen molar-refractivity contribution in [1.82, 2.24) is 5.32 Å². The number of alkyl halides is 2. The number of nitrogens with one attached hydrogen (secondary N) is 1. The Bertz CT molecular complexity index is 994. The Balaban J connectivity index is 1.63. The number of carboxylic acid groups (broad SMARTS) is 1. The molecule has 4 rings (SSSR count). The smallest absolute Gasteiger partial charge is 0.329 e. The zero-order valence-electron chi connectivity index (χ0n) is 15.8. The summed E-state index contributed by atoms with van der Waals surface area (Å²) in [5.41, 5.74) is 1.17. The van der Waals surface area contributed by atoms with Crippen LogP contribution in [-0.2, 0) is 9.59 Å². The predicted octanol–water partition coefficient (Wildman–Crippen LogP) is 4.40. The van der Waals surface area contributed by atoms with E-state index in [1.54, 1.807) is 31.2 Å². The molecule has 4 nitrogen and oxygen atoms in total. The number of amides is 1. The molecule has 152 valence electrons. The van der Waals surface area contributed by atoms with E-state index < -0.39 is 47.9 Å². The van der Waals surface area contributed by atoms with E-state index in [1.807, 2.05) is 6.07 Å². The Kier molecular flexibility index (Phi) is 4.44. The van der Waals surface area contributed by atoms with Crippen molar-refractivity contribution < 1.29 is 27.9 Å². The molecule has 0 spiro atoms. The number of benzene rings is 2. The zero-order chi connectivity index (χ0) is 21.0. The highest BCUT2D eigenvalue weighted by Crippen LogP contribution is 2.52. The van der Waals surface area contributed by atoms with Gasteiger partial charge in [0.15, 0.2) is 0 Å². The second-order valence-corrected chi connectivity index (χ2v) is 7.89. The highest BCUT2D eigenvalue weighted by Gasteiger charge is 2.52. The third-order valence-electron chi connectivity index (χ3n) is 6.06. The summed E-state index contributed by atoms with van der Waals surface area (Å²) in [6, 6.07) is 10.4. The summed E-state index contributed by atoms with van der Waals surface area (Å²) in [4.78, 5) is 24.8. The first-order valence-electron chi connectivity index (χ1n) is 9.47. The number of carbonyl (C=O) groups is 2. The largest absolute Gasteiger partial charge is 0.480 e. The Hall–Kier alpha value is -2.83. The molecule has 0 radical (unpaired) electrons. The summed E-state index contributed by atoms with van der Waals surface area (Å²) in [6.07, 6.45) is -1.88. The van der Waals surface area contributed by atoms with Crippen LogP contribution in [-0.4, -0.2) is 28.4 Å². The normalized spacial score (nSPS) is 21.2. The van der Waals surface area contributed by atoms with E-state index in [2.05, 4.69) is 5.32 Å². The van der Waals surface area contributed by atoms with Crippen LogP contribution in [0.1, 0.15) is 48.3 Å². The summed E-state index contributed by atoms with van der Waals surface area (Å²) in [7, 11) is 0. The van der Waals surface area contributed by atoms with Gasteiger partial charge in [0.05, 0.1) is 5.92 Å². The number of aliphatic carboxylic acids is 1. The van der Waals surface area contributed by atoms with Crippen LogP contribution >= 0.6 is 0 Å². The molecule has 0 aliphatic heterocycles. The van der Waals surface area contributed by atoms with Gasteiger partial charge in [-0.05, 0) is 53.6 Å². The Labute approximate surface area is 165 Å². The van der Waals surface area contributed by atoms with Gasteiger partial charge in [-0.3, -0.25) is 4.79 Å². The predicted molar refractivity (Wildman–Crippen MR) is 100 cm³/mol. The van der Waals surface area contributed by atoms with E-state index in [9.17, 15) is 27.9 Å². The number of carbonyl (C=O) groups excluding carboxylic acids is 1. The minimum absolute atomic E-state index is 0.344. The lowest BCUT2D eigenvalue weighted by atomic mass is 9.79. The van der Waals surface area contributed by atoms with Crippen LogP contribution in [0.5, 0.6) is 0 Å². The van der Waals surface area contributed by atoms with Crippen molar-refractivity contribution >= 4 is 11.9 Å². The van der Waals surface area contributed by atoms with Crippen molar-refractivity contribution in [3.8, 4) is 11.1 Å². The minimum atomic E-state index is -2.92. The number of halogens is 3. The summed E-state index contributed by atoms with van der Waals surface area (Å²) in [6.45, 7) is 1.57. The molecular formula is C22H20F3NO3. The molecule has 2 N–H and O–H groups in total. The average molecular weight is 403 g/mol. The molecule has 1 atom stereocenters. The van der Waals surface area contributed by atoms with Gasteiger partial charge >= 0.3 is 5.97 Å². The van der Waals surface area contributed by atoms with Crippen molar-refractivity contribution in [2.24, 2.45) is 0 Å². The van der Waals surface area contributed by atoms with E-state index in [-0.39, 0.29) is 12.8 Å². The number of rotatable bonds is 4. The fourth-order valence-electron chi connectivity index (χ4n) is 4.24. The minimum Gasteiger partial charge on any atom is -0.480 e.